The fourth-order valence-electron chi connectivity index (χ4n) is 2.39. The van der Waals surface area contributed by atoms with Gasteiger partial charge in [0.25, 0.3) is 0 Å². The van der Waals surface area contributed by atoms with Crippen molar-refractivity contribution in [1.29, 1.82) is 0 Å². The Morgan fingerprint density at radius 3 is 2.21 bits per heavy atom. The first kappa shape index (κ1) is 20.4. The van der Waals surface area contributed by atoms with Gasteiger partial charge in [0, 0.05) is 53.2 Å². The van der Waals surface area contributed by atoms with Crippen LogP contribution in [0, 0.1) is 5.92 Å². The van der Waals surface area contributed by atoms with E-state index in [1.807, 2.05) is 13.8 Å². The van der Waals surface area contributed by atoms with Gasteiger partial charge in [-0.2, -0.15) is 0 Å². The minimum Gasteiger partial charge on any atom is -0.349 e. The number of carbonyl (C=O) groups is 3. The summed E-state index contributed by atoms with van der Waals surface area (Å²) in [6.07, 6.45) is 0.490. The number of rotatable bonds is 7. The highest BCUT2D eigenvalue weighted by molar-refractivity contribution is 5.87. The van der Waals surface area contributed by atoms with Gasteiger partial charge in [0.1, 0.15) is 0 Å². The number of hydrogen-bond acceptors (Lipinski definition) is 5. The van der Waals surface area contributed by atoms with Gasteiger partial charge in [-0.15, -0.1) is 0 Å². The zero-order chi connectivity index (χ0) is 18.3. The quantitative estimate of drug-likeness (QED) is 0.600. The van der Waals surface area contributed by atoms with Gasteiger partial charge in [-0.25, -0.2) is 0 Å². The number of nitrogens with zero attached hydrogens (tertiary/aromatic N) is 3. The van der Waals surface area contributed by atoms with Gasteiger partial charge in [0.2, 0.25) is 17.7 Å². The van der Waals surface area contributed by atoms with Crippen LogP contribution in [0.3, 0.4) is 0 Å². The molecule has 24 heavy (non-hydrogen) atoms. The van der Waals surface area contributed by atoms with Crippen LogP contribution in [0.25, 0.3) is 0 Å². The van der Waals surface area contributed by atoms with Gasteiger partial charge in [-0.1, -0.05) is 13.8 Å². The lowest BCUT2D eigenvalue weighted by Gasteiger charge is -2.34. The molecule has 3 N–H and O–H groups in total. The second kappa shape index (κ2) is 9.58. The summed E-state index contributed by atoms with van der Waals surface area (Å²) in [5.74, 6) is -0.242. The molecule has 0 aromatic heterocycles. The second-order valence-electron chi connectivity index (χ2n) is 6.75. The van der Waals surface area contributed by atoms with Crippen LogP contribution in [0.1, 0.15) is 20.3 Å². The van der Waals surface area contributed by atoms with Crippen LogP contribution in [0.15, 0.2) is 0 Å². The zero-order valence-electron chi connectivity index (χ0n) is 15.2. The Hall–Kier alpha value is -1.67. The van der Waals surface area contributed by atoms with Gasteiger partial charge >= 0.3 is 0 Å². The molecule has 3 amide bonds. The first-order chi connectivity index (χ1) is 11.2. The maximum Gasteiger partial charge on any atom is 0.242 e. The van der Waals surface area contributed by atoms with Crippen LogP contribution >= 0.6 is 0 Å². The van der Waals surface area contributed by atoms with Crippen molar-refractivity contribution in [2.45, 2.75) is 26.3 Å². The molecule has 1 heterocycles. The van der Waals surface area contributed by atoms with Crippen molar-refractivity contribution >= 4 is 17.7 Å². The molecular weight excluding hydrogens is 310 g/mol. The van der Waals surface area contributed by atoms with Crippen molar-refractivity contribution in [3.8, 4) is 0 Å². The van der Waals surface area contributed by atoms with Crippen molar-refractivity contribution in [3.05, 3.63) is 0 Å². The first-order valence-corrected chi connectivity index (χ1v) is 8.46. The number of nitrogens with one attached hydrogen (secondary N) is 1. The third-order valence-electron chi connectivity index (χ3n) is 4.30. The van der Waals surface area contributed by atoms with E-state index in [1.165, 1.54) is 0 Å². The van der Waals surface area contributed by atoms with Crippen LogP contribution in [-0.4, -0.2) is 91.8 Å². The monoisotopic (exact) mass is 341 g/mol. The summed E-state index contributed by atoms with van der Waals surface area (Å²) in [5.41, 5.74) is 5.75. The highest BCUT2D eigenvalue weighted by atomic mass is 16.2. The topological polar surface area (TPSA) is 99.0 Å². The van der Waals surface area contributed by atoms with E-state index in [1.54, 1.807) is 23.9 Å². The summed E-state index contributed by atoms with van der Waals surface area (Å²) in [4.78, 5) is 41.0. The van der Waals surface area contributed by atoms with Crippen molar-refractivity contribution in [3.63, 3.8) is 0 Å². The minimum atomic E-state index is -0.594. The molecule has 138 valence electrons. The molecule has 1 fully saturated rings. The SMILES string of the molecule is CC(C)[C@H](N)C(=O)NCC(=O)N1CCN(CCC(=O)N(C)C)CC1. The van der Waals surface area contributed by atoms with E-state index >= 15 is 0 Å². The maximum atomic E-state index is 12.1. The normalized spacial score (nSPS) is 16.8. The van der Waals surface area contributed by atoms with Crippen LogP contribution in [-0.2, 0) is 14.4 Å². The average Bonchev–Trinajstić information content (AvgIpc) is 2.56. The van der Waals surface area contributed by atoms with E-state index < -0.39 is 6.04 Å². The lowest BCUT2D eigenvalue weighted by Crippen LogP contribution is -2.53. The molecule has 0 spiro atoms. The van der Waals surface area contributed by atoms with Crippen LogP contribution in [0.4, 0.5) is 0 Å². The number of carbonyl (C=O) groups excluding carboxylic acids is 3. The maximum absolute atomic E-state index is 12.1. The van der Waals surface area contributed by atoms with Crippen molar-refractivity contribution in [2.24, 2.45) is 11.7 Å². The fraction of sp³-hybridized carbons (Fsp3) is 0.812. The fourth-order valence-corrected chi connectivity index (χ4v) is 2.39. The van der Waals surface area contributed by atoms with E-state index in [2.05, 4.69) is 10.2 Å². The van der Waals surface area contributed by atoms with Gasteiger partial charge in [0.15, 0.2) is 0 Å². The molecule has 8 heteroatoms. The Bertz CT molecular complexity index is 445. The second-order valence-corrected chi connectivity index (χ2v) is 6.75. The molecule has 0 aliphatic carbocycles. The Kier molecular flexibility index (Phi) is 8.14. The van der Waals surface area contributed by atoms with E-state index in [0.717, 1.165) is 13.1 Å². The third kappa shape index (κ3) is 6.45. The van der Waals surface area contributed by atoms with E-state index in [0.29, 0.717) is 26.1 Å². The molecular formula is C16H31N5O3. The molecule has 1 saturated heterocycles. The van der Waals surface area contributed by atoms with Gasteiger partial charge in [-0.3, -0.25) is 19.3 Å². The summed E-state index contributed by atoms with van der Waals surface area (Å²) in [5, 5.41) is 2.61. The number of hydrogen-bond donors (Lipinski definition) is 2. The van der Waals surface area contributed by atoms with Crippen molar-refractivity contribution in [2.75, 3.05) is 53.4 Å². The third-order valence-corrected chi connectivity index (χ3v) is 4.30. The van der Waals surface area contributed by atoms with Crippen LogP contribution in [0.5, 0.6) is 0 Å². The summed E-state index contributed by atoms with van der Waals surface area (Å²) >= 11 is 0. The molecule has 1 aliphatic rings. The summed E-state index contributed by atoms with van der Waals surface area (Å²) in [6.45, 7) is 7.13. The van der Waals surface area contributed by atoms with Crippen LogP contribution in [0.2, 0.25) is 0 Å². The average molecular weight is 341 g/mol. The molecule has 0 saturated carbocycles. The summed E-state index contributed by atoms with van der Waals surface area (Å²) < 4.78 is 0. The summed E-state index contributed by atoms with van der Waals surface area (Å²) in [6, 6.07) is -0.594. The Morgan fingerprint density at radius 1 is 1.12 bits per heavy atom. The molecule has 8 nitrogen and oxygen atoms in total. The first-order valence-electron chi connectivity index (χ1n) is 8.46. The Morgan fingerprint density at radius 2 is 1.71 bits per heavy atom. The Labute approximate surface area is 144 Å². The molecule has 0 aromatic carbocycles. The van der Waals surface area contributed by atoms with E-state index in [-0.39, 0.29) is 30.2 Å². The van der Waals surface area contributed by atoms with Crippen molar-refractivity contribution in [1.82, 2.24) is 20.0 Å². The van der Waals surface area contributed by atoms with Gasteiger partial charge < -0.3 is 20.9 Å². The van der Waals surface area contributed by atoms with Crippen LogP contribution < -0.4 is 11.1 Å². The molecule has 1 atom stereocenters. The van der Waals surface area contributed by atoms with E-state index in [4.69, 9.17) is 5.73 Å². The highest BCUT2D eigenvalue weighted by Crippen LogP contribution is 2.04. The lowest BCUT2D eigenvalue weighted by molar-refractivity contribution is -0.135. The molecule has 0 aromatic rings. The zero-order valence-corrected chi connectivity index (χ0v) is 15.2. The smallest absolute Gasteiger partial charge is 0.242 e. The molecule has 1 aliphatic heterocycles. The predicted octanol–water partition coefficient (Wildman–Crippen LogP) is -1.29. The predicted molar refractivity (Wildman–Crippen MR) is 92.2 cm³/mol. The minimum absolute atomic E-state index is 0.0155. The van der Waals surface area contributed by atoms with Gasteiger partial charge in [0.05, 0.1) is 12.6 Å². The molecule has 0 bridgehead atoms. The number of piperazine rings is 1. The van der Waals surface area contributed by atoms with Crippen molar-refractivity contribution < 1.29 is 14.4 Å². The Balaban J connectivity index is 2.28. The molecule has 0 radical (unpaired) electrons. The van der Waals surface area contributed by atoms with E-state index in [9.17, 15) is 14.4 Å². The molecule has 0 unspecified atom stereocenters. The number of amides is 3. The summed E-state index contributed by atoms with van der Waals surface area (Å²) in [7, 11) is 3.50. The number of nitrogens with two attached hydrogens (primary N) is 1. The van der Waals surface area contributed by atoms with Gasteiger partial charge in [-0.05, 0) is 5.92 Å². The standard InChI is InChI=1S/C16H31N5O3/c1-12(2)15(17)16(24)18-11-14(23)21-9-7-20(8-10-21)6-5-13(22)19(3)4/h12,15H,5-11,17H2,1-4H3,(H,18,24)/t15-/m0/s1. The molecule has 1 rings (SSSR count). The highest BCUT2D eigenvalue weighted by Gasteiger charge is 2.23. The largest absolute Gasteiger partial charge is 0.349 e. The lowest BCUT2D eigenvalue weighted by atomic mass is 10.1.